The van der Waals surface area contributed by atoms with Crippen molar-refractivity contribution in [2.75, 3.05) is 12.4 Å². The van der Waals surface area contributed by atoms with Gasteiger partial charge in [-0.1, -0.05) is 12.1 Å². The number of methoxy groups -OCH3 is 1. The van der Waals surface area contributed by atoms with E-state index in [-0.39, 0.29) is 17.9 Å². The van der Waals surface area contributed by atoms with Gasteiger partial charge in [-0.2, -0.15) is 0 Å². The fraction of sp³-hybridized carbons (Fsp3) is 0.350. The molecule has 0 saturated heterocycles. The Balaban J connectivity index is 1.40. The highest BCUT2D eigenvalue weighted by atomic mass is 19.1. The average Bonchev–Trinajstić information content (AvgIpc) is 3.04. The number of fused-ring (bicyclic) bond motifs is 1. The van der Waals surface area contributed by atoms with E-state index in [1.165, 1.54) is 12.1 Å². The lowest BCUT2D eigenvalue weighted by Gasteiger charge is -2.31. The highest BCUT2D eigenvalue weighted by Gasteiger charge is 2.35. The molecular weight excluding hydrogens is 361 g/mol. The van der Waals surface area contributed by atoms with Crippen molar-refractivity contribution in [2.45, 2.75) is 38.0 Å². The Bertz CT molecular complexity index is 982. The number of hydrogen-bond donors (Lipinski definition) is 3. The van der Waals surface area contributed by atoms with Crippen molar-refractivity contribution >= 4 is 22.9 Å². The van der Waals surface area contributed by atoms with Crippen molar-refractivity contribution in [3.8, 4) is 0 Å². The molecule has 7 nitrogen and oxygen atoms in total. The van der Waals surface area contributed by atoms with E-state index in [1.54, 1.807) is 31.5 Å². The minimum atomic E-state index is -0.370. The fourth-order valence-corrected chi connectivity index (χ4v) is 3.49. The summed E-state index contributed by atoms with van der Waals surface area (Å²) in [7, 11) is 1.74. The maximum absolute atomic E-state index is 13.0. The maximum atomic E-state index is 13.0. The normalized spacial score (nSPS) is 19.8. The number of imidazole rings is 1. The summed E-state index contributed by atoms with van der Waals surface area (Å²) in [5, 5.41) is 5.57. The lowest BCUT2D eigenvalue weighted by molar-refractivity contribution is -0.712. The second kappa shape index (κ2) is 7.55. The number of H-pyrrole nitrogens is 1. The Labute approximate surface area is 161 Å². The molecule has 0 bridgehead atoms. The first-order valence-corrected chi connectivity index (χ1v) is 9.27. The van der Waals surface area contributed by atoms with Crippen LogP contribution in [0.4, 0.5) is 15.0 Å². The number of aromatic nitrogens is 3. The summed E-state index contributed by atoms with van der Waals surface area (Å²) in [4.78, 5) is 19.9. The quantitative estimate of drug-likeness (QED) is 0.591. The van der Waals surface area contributed by atoms with E-state index in [9.17, 15) is 9.18 Å². The molecule has 3 aromatic rings. The van der Waals surface area contributed by atoms with Gasteiger partial charge in [0.05, 0.1) is 18.3 Å². The number of nitrogens with zero attached hydrogens (tertiary/aromatic N) is 2. The van der Waals surface area contributed by atoms with Gasteiger partial charge in [0, 0.05) is 26.0 Å². The molecule has 8 heteroatoms. The van der Waals surface area contributed by atoms with Crippen LogP contribution >= 0.6 is 0 Å². The molecule has 0 radical (unpaired) electrons. The summed E-state index contributed by atoms with van der Waals surface area (Å²) in [5.74, 6) is 0.148. The average molecular weight is 384 g/mol. The SMILES string of the molecule is COC1CC([n+]2c[nH]c3cc(NC(=O)N[C@H](C)c4ccc(F)cc4)ncc32)C1. The topological polar surface area (TPSA) is 82.9 Å². The predicted molar refractivity (Wildman–Crippen MR) is 102 cm³/mol. The number of hydrogen-bond acceptors (Lipinski definition) is 3. The number of amides is 2. The number of halogens is 1. The molecule has 2 amide bonds. The molecule has 28 heavy (non-hydrogen) atoms. The lowest BCUT2D eigenvalue weighted by atomic mass is 9.89. The van der Waals surface area contributed by atoms with Gasteiger partial charge in [-0.3, -0.25) is 5.32 Å². The molecule has 1 aliphatic carbocycles. The van der Waals surface area contributed by atoms with Crippen LogP contribution in [-0.2, 0) is 4.74 Å². The van der Waals surface area contributed by atoms with E-state index in [4.69, 9.17) is 4.74 Å². The van der Waals surface area contributed by atoms with Gasteiger partial charge in [0.25, 0.3) is 0 Å². The minimum Gasteiger partial charge on any atom is -0.381 e. The summed E-state index contributed by atoms with van der Waals surface area (Å²) in [5.41, 5.74) is 2.71. The third-order valence-corrected chi connectivity index (χ3v) is 5.28. The minimum absolute atomic E-state index is 0.260. The Kier molecular flexibility index (Phi) is 4.95. The molecule has 1 fully saturated rings. The largest absolute Gasteiger partial charge is 0.381 e. The van der Waals surface area contributed by atoms with Crippen LogP contribution in [0.25, 0.3) is 11.0 Å². The third-order valence-electron chi connectivity index (χ3n) is 5.28. The zero-order valence-corrected chi connectivity index (χ0v) is 15.8. The van der Waals surface area contributed by atoms with Crippen LogP contribution in [0.3, 0.4) is 0 Å². The molecule has 146 valence electrons. The van der Waals surface area contributed by atoms with E-state index in [0.717, 1.165) is 29.4 Å². The molecule has 1 aliphatic rings. The van der Waals surface area contributed by atoms with E-state index in [1.807, 2.05) is 13.3 Å². The van der Waals surface area contributed by atoms with Crippen molar-refractivity contribution in [3.63, 3.8) is 0 Å². The number of carbonyl (C=O) groups excluding carboxylic acids is 1. The number of urea groups is 1. The standard InChI is InChI=1S/C20H22FN5O2/c1-12(13-3-5-14(21)6-4-13)24-20(27)25-19-9-17-18(10-22-19)26(11-23-17)15-7-16(8-15)28-2/h3-6,9-12,15-16H,7-8H2,1-2H3,(H2,22,24,25,27)/p+1/t12-,15?,16?/m1/s1. The Morgan fingerprint density at radius 1 is 1.36 bits per heavy atom. The van der Waals surface area contributed by atoms with Crippen LogP contribution in [0.1, 0.15) is 37.4 Å². The second-order valence-electron chi connectivity index (χ2n) is 7.12. The number of pyridine rings is 1. The summed E-state index contributed by atoms with van der Waals surface area (Å²) >= 11 is 0. The van der Waals surface area contributed by atoms with Crippen LogP contribution in [-0.4, -0.2) is 29.2 Å². The summed E-state index contributed by atoms with van der Waals surface area (Å²) in [6, 6.07) is 7.62. The molecule has 1 atom stereocenters. The molecule has 3 N–H and O–H groups in total. The first kappa shape index (κ1) is 18.4. The molecular formula is C20H23FN5O2+. The van der Waals surface area contributed by atoms with Gasteiger partial charge in [-0.25, -0.2) is 23.7 Å². The zero-order valence-electron chi connectivity index (χ0n) is 15.8. The van der Waals surface area contributed by atoms with Gasteiger partial charge < -0.3 is 10.1 Å². The second-order valence-corrected chi connectivity index (χ2v) is 7.12. The molecule has 2 heterocycles. The number of nitrogens with one attached hydrogen (secondary N) is 3. The molecule has 4 rings (SSSR count). The number of ether oxygens (including phenoxy) is 1. The summed E-state index contributed by atoms with van der Waals surface area (Å²) < 4.78 is 20.5. The van der Waals surface area contributed by atoms with Crippen molar-refractivity contribution in [1.82, 2.24) is 15.3 Å². The number of rotatable bonds is 5. The molecule has 0 aliphatic heterocycles. The number of benzene rings is 1. The van der Waals surface area contributed by atoms with Crippen LogP contribution < -0.4 is 15.2 Å². The molecule has 1 aromatic carbocycles. The predicted octanol–water partition coefficient (Wildman–Crippen LogP) is 3.22. The Morgan fingerprint density at radius 2 is 2.11 bits per heavy atom. The van der Waals surface area contributed by atoms with Gasteiger partial charge in [0.15, 0.2) is 11.0 Å². The van der Waals surface area contributed by atoms with Crippen LogP contribution in [0, 0.1) is 5.82 Å². The van der Waals surface area contributed by atoms with E-state index >= 15 is 0 Å². The highest BCUT2D eigenvalue weighted by Crippen LogP contribution is 2.30. The van der Waals surface area contributed by atoms with Crippen molar-refractivity contribution in [3.05, 3.63) is 54.2 Å². The molecule has 0 unspecified atom stereocenters. The number of carbonyl (C=O) groups is 1. The first-order chi connectivity index (χ1) is 13.5. The van der Waals surface area contributed by atoms with Crippen molar-refractivity contribution < 1.29 is 18.5 Å². The van der Waals surface area contributed by atoms with Gasteiger partial charge in [0.1, 0.15) is 17.7 Å². The smallest absolute Gasteiger partial charge is 0.320 e. The number of anilines is 1. The monoisotopic (exact) mass is 384 g/mol. The Hall–Kier alpha value is -3.00. The summed E-state index contributed by atoms with van der Waals surface area (Å²) in [6.07, 6.45) is 5.98. The van der Waals surface area contributed by atoms with Crippen LogP contribution in [0.5, 0.6) is 0 Å². The van der Waals surface area contributed by atoms with Crippen LogP contribution in [0.2, 0.25) is 0 Å². The van der Waals surface area contributed by atoms with Gasteiger partial charge in [-0.05, 0) is 24.6 Å². The zero-order chi connectivity index (χ0) is 19.7. The van der Waals surface area contributed by atoms with Gasteiger partial charge in [-0.15, -0.1) is 0 Å². The fourth-order valence-electron chi connectivity index (χ4n) is 3.49. The van der Waals surface area contributed by atoms with E-state index in [0.29, 0.717) is 18.0 Å². The van der Waals surface area contributed by atoms with Crippen LogP contribution in [0.15, 0.2) is 42.9 Å². The van der Waals surface area contributed by atoms with E-state index < -0.39 is 0 Å². The van der Waals surface area contributed by atoms with Gasteiger partial charge in [0.2, 0.25) is 6.33 Å². The van der Waals surface area contributed by atoms with Gasteiger partial charge >= 0.3 is 6.03 Å². The molecule has 1 saturated carbocycles. The maximum Gasteiger partial charge on any atom is 0.320 e. The van der Waals surface area contributed by atoms with Crippen molar-refractivity contribution in [1.29, 1.82) is 0 Å². The summed E-state index contributed by atoms with van der Waals surface area (Å²) in [6.45, 7) is 1.84. The Morgan fingerprint density at radius 3 is 2.82 bits per heavy atom. The first-order valence-electron chi connectivity index (χ1n) is 9.27. The lowest BCUT2D eigenvalue weighted by Crippen LogP contribution is -2.48. The van der Waals surface area contributed by atoms with Crippen molar-refractivity contribution in [2.24, 2.45) is 0 Å². The number of aromatic amines is 1. The molecule has 2 aromatic heterocycles. The molecule has 0 spiro atoms. The highest BCUT2D eigenvalue weighted by molar-refractivity contribution is 5.90. The van der Waals surface area contributed by atoms with E-state index in [2.05, 4.69) is 25.2 Å². The third kappa shape index (κ3) is 3.68.